The third kappa shape index (κ3) is 3.35. The van der Waals surface area contributed by atoms with Crippen molar-refractivity contribution < 1.29 is 4.74 Å². The van der Waals surface area contributed by atoms with Gasteiger partial charge in [-0.25, -0.2) is 0 Å². The lowest BCUT2D eigenvalue weighted by Gasteiger charge is -2.16. The molecular formula is C18H27NO. The first-order valence-electron chi connectivity index (χ1n) is 8.32. The molecule has 1 aromatic rings. The molecule has 1 atom stereocenters. The zero-order valence-corrected chi connectivity index (χ0v) is 12.7. The first kappa shape index (κ1) is 13.9. The third-order valence-corrected chi connectivity index (χ3v) is 4.93. The van der Waals surface area contributed by atoms with Crippen molar-refractivity contribution in [3.05, 3.63) is 29.3 Å². The highest BCUT2D eigenvalue weighted by atomic mass is 16.5. The number of benzene rings is 1. The Morgan fingerprint density at radius 1 is 1.30 bits per heavy atom. The number of nitrogens with one attached hydrogen (secondary N) is 1. The minimum Gasteiger partial charge on any atom is -0.493 e. The normalized spacial score (nSPS) is 19.9. The van der Waals surface area contributed by atoms with E-state index in [9.17, 15) is 0 Å². The van der Waals surface area contributed by atoms with E-state index in [1.807, 2.05) is 0 Å². The summed E-state index contributed by atoms with van der Waals surface area (Å²) in [7, 11) is 0. The van der Waals surface area contributed by atoms with E-state index in [2.05, 4.69) is 30.4 Å². The fraction of sp³-hybridized carbons (Fsp3) is 0.667. The molecule has 110 valence electrons. The van der Waals surface area contributed by atoms with E-state index in [4.69, 9.17) is 4.74 Å². The summed E-state index contributed by atoms with van der Waals surface area (Å²) in [5, 5.41) is 3.67. The molecule has 0 bridgehead atoms. The van der Waals surface area contributed by atoms with Crippen LogP contribution in [-0.4, -0.2) is 13.2 Å². The van der Waals surface area contributed by atoms with Crippen LogP contribution in [0, 0.1) is 5.92 Å². The molecule has 1 heterocycles. The van der Waals surface area contributed by atoms with Crippen molar-refractivity contribution >= 4 is 0 Å². The van der Waals surface area contributed by atoms with Crippen molar-refractivity contribution in [2.75, 3.05) is 13.2 Å². The van der Waals surface area contributed by atoms with Crippen LogP contribution < -0.4 is 10.1 Å². The highest BCUT2D eigenvalue weighted by Crippen LogP contribution is 2.29. The summed E-state index contributed by atoms with van der Waals surface area (Å²) in [6, 6.07) is 7.11. The van der Waals surface area contributed by atoms with Gasteiger partial charge in [0, 0.05) is 12.5 Å². The molecule has 1 saturated carbocycles. The van der Waals surface area contributed by atoms with E-state index in [1.54, 1.807) is 0 Å². The maximum absolute atomic E-state index is 5.57. The van der Waals surface area contributed by atoms with Crippen LogP contribution in [-0.2, 0) is 6.42 Å². The molecule has 0 radical (unpaired) electrons. The van der Waals surface area contributed by atoms with Gasteiger partial charge in [-0.15, -0.1) is 0 Å². The summed E-state index contributed by atoms with van der Waals surface area (Å²) in [6.45, 7) is 4.26. The first-order chi connectivity index (χ1) is 9.83. The maximum Gasteiger partial charge on any atom is 0.122 e. The SMILES string of the molecule is CC(NCCCC1CCCC1)c1ccc2c(c1)CCO2. The Hall–Kier alpha value is -1.02. The van der Waals surface area contributed by atoms with Crippen molar-refractivity contribution in [3.8, 4) is 5.75 Å². The first-order valence-corrected chi connectivity index (χ1v) is 8.32. The number of ether oxygens (including phenoxy) is 1. The minimum atomic E-state index is 0.449. The van der Waals surface area contributed by atoms with Crippen LogP contribution in [0.25, 0.3) is 0 Å². The minimum absolute atomic E-state index is 0.449. The van der Waals surface area contributed by atoms with Gasteiger partial charge >= 0.3 is 0 Å². The molecule has 0 saturated heterocycles. The summed E-state index contributed by atoms with van der Waals surface area (Å²) in [5.74, 6) is 2.10. The molecule has 3 rings (SSSR count). The Bertz CT molecular complexity index is 437. The van der Waals surface area contributed by atoms with Crippen LogP contribution in [0.15, 0.2) is 18.2 Å². The lowest BCUT2D eigenvalue weighted by molar-refractivity contribution is 0.356. The summed E-state index contributed by atoms with van der Waals surface area (Å²) in [5.41, 5.74) is 2.78. The second kappa shape index (κ2) is 6.62. The fourth-order valence-corrected chi connectivity index (χ4v) is 3.60. The van der Waals surface area contributed by atoms with Gasteiger partial charge in [0.2, 0.25) is 0 Å². The molecule has 1 unspecified atom stereocenters. The predicted molar refractivity (Wildman–Crippen MR) is 83.3 cm³/mol. The van der Waals surface area contributed by atoms with Gasteiger partial charge in [-0.3, -0.25) is 0 Å². The topological polar surface area (TPSA) is 21.3 Å². The van der Waals surface area contributed by atoms with Crippen LogP contribution in [0.1, 0.15) is 62.6 Å². The van der Waals surface area contributed by atoms with E-state index >= 15 is 0 Å². The smallest absolute Gasteiger partial charge is 0.122 e. The fourth-order valence-electron chi connectivity index (χ4n) is 3.60. The highest BCUT2D eigenvalue weighted by Gasteiger charge is 2.16. The molecular weight excluding hydrogens is 246 g/mol. The van der Waals surface area contributed by atoms with Crippen LogP contribution in [0.3, 0.4) is 0 Å². The number of hydrogen-bond donors (Lipinski definition) is 1. The molecule has 2 heteroatoms. The Balaban J connectivity index is 1.43. The molecule has 0 aromatic heterocycles. The molecule has 20 heavy (non-hydrogen) atoms. The van der Waals surface area contributed by atoms with Crippen molar-refractivity contribution in [2.24, 2.45) is 5.92 Å². The van der Waals surface area contributed by atoms with Gasteiger partial charge in [0.25, 0.3) is 0 Å². The zero-order chi connectivity index (χ0) is 13.8. The Morgan fingerprint density at radius 2 is 2.15 bits per heavy atom. The predicted octanol–water partition coefficient (Wildman–Crippen LogP) is 4.24. The van der Waals surface area contributed by atoms with Crippen molar-refractivity contribution in [3.63, 3.8) is 0 Å². The maximum atomic E-state index is 5.57. The van der Waals surface area contributed by atoms with E-state index in [-0.39, 0.29) is 0 Å². The van der Waals surface area contributed by atoms with Crippen molar-refractivity contribution in [1.82, 2.24) is 5.32 Å². The van der Waals surface area contributed by atoms with Crippen molar-refractivity contribution in [1.29, 1.82) is 0 Å². The number of hydrogen-bond acceptors (Lipinski definition) is 2. The molecule has 1 aromatic carbocycles. The third-order valence-electron chi connectivity index (χ3n) is 4.93. The molecule has 1 N–H and O–H groups in total. The Morgan fingerprint density at radius 3 is 3.00 bits per heavy atom. The summed E-state index contributed by atoms with van der Waals surface area (Å²) in [4.78, 5) is 0. The second-order valence-electron chi connectivity index (χ2n) is 6.43. The van der Waals surface area contributed by atoms with Gasteiger partial charge in [-0.05, 0) is 49.4 Å². The summed E-state index contributed by atoms with van der Waals surface area (Å²) < 4.78 is 5.57. The average molecular weight is 273 g/mol. The molecule has 1 aliphatic heterocycles. The Kier molecular flexibility index (Phi) is 4.62. The standard InChI is InChI=1S/C18H27NO/c1-14(19-11-4-7-15-5-2-3-6-15)16-8-9-18-17(13-16)10-12-20-18/h8-9,13-15,19H,2-7,10-12H2,1H3. The van der Waals surface area contributed by atoms with E-state index in [0.29, 0.717) is 6.04 Å². The lowest BCUT2D eigenvalue weighted by Crippen LogP contribution is -2.20. The van der Waals surface area contributed by atoms with Gasteiger partial charge in [0.15, 0.2) is 0 Å². The quantitative estimate of drug-likeness (QED) is 0.783. The van der Waals surface area contributed by atoms with Gasteiger partial charge < -0.3 is 10.1 Å². The summed E-state index contributed by atoms with van der Waals surface area (Å²) in [6.07, 6.45) is 9.68. The monoisotopic (exact) mass is 273 g/mol. The van der Waals surface area contributed by atoms with E-state index < -0.39 is 0 Å². The molecule has 2 nitrogen and oxygen atoms in total. The van der Waals surface area contributed by atoms with Gasteiger partial charge in [-0.2, -0.15) is 0 Å². The molecule has 0 spiro atoms. The van der Waals surface area contributed by atoms with E-state index in [0.717, 1.165) is 31.2 Å². The second-order valence-corrected chi connectivity index (χ2v) is 6.43. The molecule has 1 aliphatic carbocycles. The summed E-state index contributed by atoms with van der Waals surface area (Å²) >= 11 is 0. The number of rotatable bonds is 6. The van der Waals surface area contributed by atoms with Gasteiger partial charge in [0.1, 0.15) is 5.75 Å². The van der Waals surface area contributed by atoms with Crippen LogP contribution in [0.2, 0.25) is 0 Å². The highest BCUT2D eigenvalue weighted by molar-refractivity contribution is 5.40. The lowest BCUT2D eigenvalue weighted by atomic mass is 10.0. The zero-order valence-electron chi connectivity index (χ0n) is 12.7. The van der Waals surface area contributed by atoms with Crippen LogP contribution >= 0.6 is 0 Å². The van der Waals surface area contributed by atoms with E-state index in [1.165, 1.54) is 49.7 Å². The molecule has 1 fully saturated rings. The largest absolute Gasteiger partial charge is 0.493 e. The molecule has 2 aliphatic rings. The van der Waals surface area contributed by atoms with Crippen molar-refractivity contribution in [2.45, 2.75) is 57.9 Å². The van der Waals surface area contributed by atoms with Crippen LogP contribution in [0.5, 0.6) is 5.75 Å². The van der Waals surface area contributed by atoms with Crippen LogP contribution in [0.4, 0.5) is 0 Å². The number of fused-ring (bicyclic) bond motifs is 1. The Labute approximate surface area is 122 Å². The molecule has 0 amide bonds. The van der Waals surface area contributed by atoms with Gasteiger partial charge in [-0.1, -0.05) is 37.8 Å². The van der Waals surface area contributed by atoms with Gasteiger partial charge in [0.05, 0.1) is 6.61 Å². The average Bonchev–Trinajstić information content (AvgIpc) is 3.13.